The molecule has 1 aromatic carbocycles. The fourth-order valence-electron chi connectivity index (χ4n) is 3.75. The first kappa shape index (κ1) is 26.8. The summed E-state index contributed by atoms with van der Waals surface area (Å²) in [5.74, 6) is 1.09. The van der Waals surface area contributed by atoms with Gasteiger partial charge in [0.15, 0.2) is 0 Å². The highest BCUT2D eigenvalue weighted by molar-refractivity contribution is 6.04. The lowest BCUT2D eigenvalue weighted by Gasteiger charge is -2.17. The molecule has 3 aromatic rings. The predicted octanol–water partition coefficient (Wildman–Crippen LogP) is 4.80. The summed E-state index contributed by atoms with van der Waals surface area (Å²) in [6, 6.07) is 5.87. The van der Waals surface area contributed by atoms with Crippen LogP contribution in [0.2, 0.25) is 0 Å². The average molecular weight is 491 g/mol. The summed E-state index contributed by atoms with van der Waals surface area (Å²) in [5, 5.41) is 10.7. The number of carbonyl (C=O) groups excluding carboxylic acids is 1. The van der Waals surface area contributed by atoms with Gasteiger partial charge in [-0.3, -0.25) is 9.78 Å². The summed E-state index contributed by atoms with van der Waals surface area (Å²) in [4.78, 5) is 26.3. The quantitative estimate of drug-likeness (QED) is 0.399. The predicted molar refractivity (Wildman–Crippen MR) is 145 cm³/mol. The number of hydrogen-bond acceptors (Lipinski definition) is 6. The van der Waals surface area contributed by atoms with Crippen molar-refractivity contribution in [3.8, 4) is 0 Å². The molecular weight excluding hydrogens is 455 g/mol. The lowest BCUT2D eigenvalue weighted by atomic mass is 10.1. The molecule has 8 heteroatoms. The summed E-state index contributed by atoms with van der Waals surface area (Å²) in [6.07, 6.45) is 9.06. The van der Waals surface area contributed by atoms with Crippen molar-refractivity contribution in [3.05, 3.63) is 69.9 Å². The van der Waals surface area contributed by atoms with Gasteiger partial charge < -0.3 is 16.0 Å². The van der Waals surface area contributed by atoms with Gasteiger partial charge in [0.05, 0.1) is 28.5 Å². The minimum atomic E-state index is -0.408. The highest BCUT2D eigenvalue weighted by Crippen LogP contribution is 2.24. The van der Waals surface area contributed by atoms with E-state index in [0.717, 1.165) is 29.1 Å². The largest absolute Gasteiger partial charge is 0.373 e. The van der Waals surface area contributed by atoms with Crippen LogP contribution in [0.15, 0.2) is 36.7 Å². The summed E-state index contributed by atoms with van der Waals surface area (Å²) in [5.41, 5.74) is 2.18. The van der Waals surface area contributed by atoms with E-state index in [2.05, 4.69) is 52.8 Å². The normalized spacial score (nSPS) is 13.1. The van der Waals surface area contributed by atoms with Gasteiger partial charge in [0.25, 0.3) is 5.91 Å². The van der Waals surface area contributed by atoms with Crippen LogP contribution in [-0.4, -0.2) is 27.9 Å². The Kier molecular flexibility index (Phi) is 9.11. The molecule has 7 nitrogen and oxygen atoms in total. The molecule has 3 N–H and O–H groups in total. The zero-order chi connectivity index (χ0) is 26.2. The van der Waals surface area contributed by atoms with Crippen molar-refractivity contribution in [1.29, 1.82) is 0 Å². The minimum absolute atomic E-state index is 0.314. The Labute approximate surface area is 212 Å². The number of anilines is 3. The number of nitrogens with one attached hydrogen (secondary N) is 3. The van der Waals surface area contributed by atoms with Gasteiger partial charge in [0.2, 0.25) is 0 Å². The highest BCUT2D eigenvalue weighted by atomic mass is 19.1. The van der Waals surface area contributed by atoms with Crippen molar-refractivity contribution in [1.82, 2.24) is 15.0 Å². The third kappa shape index (κ3) is 6.87. The van der Waals surface area contributed by atoms with Crippen LogP contribution >= 0.6 is 0 Å². The van der Waals surface area contributed by atoms with Crippen LogP contribution in [-0.2, 0) is 0 Å². The number of hydrogen-bond donors (Lipinski definition) is 3. The Morgan fingerprint density at radius 3 is 2.53 bits per heavy atom. The maximum Gasteiger partial charge on any atom is 0.257 e. The molecule has 0 aliphatic carbocycles. The van der Waals surface area contributed by atoms with E-state index < -0.39 is 6.04 Å². The number of carbonyl (C=O) groups is 1. The maximum atomic E-state index is 14.8. The van der Waals surface area contributed by atoms with Crippen LogP contribution < -0.4 is 26.6 Å². The summed E-state index contributed by atoms with van der Waals surface area (Å²) in [6.45, 7) is 10.1. The second-order valence-electron chi connectivity index (χ2n) is 9.17. The van der Waals surface area contributed by atoms with Crippen LogP contribution in [0.4, 0.5) is 21.7 Å². The van der Waals surface area contributed by atoms with Gasteiger partial charge in [-0.15, -0.1) is 0 Å². The number of benzene rings is 1. The Hall–Kier alpha value is -3.81. The fourth-order valence-corrected chi connectivity index (χ4v) is 3.75. The van der Waals surface area contributed by atoms with Gasteiger partial charge in [-0.2, -0.15) is 0 Å². The van der Waals surface area contributed by atoms with Gasteiger partial charge in [0.1, 0.15) is 17.5 Å². The van der Waals surface area contributed by atoms with E-state index in [-0.39, 0.29) is 11.7 Å². The molecule has 0 fully saturated rings. The molecule has 1 unspecified atom stereocenters. The van der Waals surface area contributed by atoms with E-state index in [4.69, 9.17) is 4.98 Å². The van der Waals surface area contributed by atoms with E-state index in [1.807, 2.05) is 19.9 Å². The van der Waals surface area contributed by atoms with Crippen molar-refractivity contribution >= 4 is 35.4 Å². The standard InChI is InChI=1S/C28H35FN6O/c1-7-8-24-25(12-9-17(2)3)35-26(16-31-24)33-19(5)22-14-21(10-11-23(22)29)34-28(36)20-13-18(4)27(30-6)32-15-20/h8,10-17,19H,7,9H2,1-6H3,(H,30,32)(H,33,35)(H,34,36)/b24-8+,25-12-. The molecule has 3 rings (SSSR count). The Balaban J connectivity index is 1.82. The van der Waals surface area contributed by atoms with E-state index in [0.29, 0.717) is 34.4 Å². The Morgan fingerprint density at radius 2 is 1.86 bits per heavy atom. The third-order valence-electron chi connectivity index (χ3n) is 5.67. The van der Waals surface area contributed by atoms with Gasteiger partial charge in [-0.25, -0.2) is 14.4 Å². The maximum absolute atomic E-state index is 14.8. The van der Waals surface area contributed by atoms with Crippen LogP contribution in [0.25, 0.3) is 12.2 Å². The molecule has 0 saturated heterocycles. The Bertz CT molecular complexity index is 1340. The average Bonchev–Trinajstić information content (AvgIpc) is 2.85. The summed E-state index contributed by atoms with van der Waals surface area (Å²) < 4.78 is 14.8. The van der Waals surface area contributed by atoms with Crippen molar-refractivity contribution in [2.75, 3.05) is 23.0 Å². The molecule has 190 valence electrons. The molecule has 1 atom stereocenters. The number of amides is 1. The lowest BCUT2D eigenvalue weighted by molar-refractivity contribution is 0.102. The molecule has 0 radical (unpaired) electrons. The number of nitrogens with zero attached hydrogens (tertiary/aromatic N) is 3. The zero-order valence-electron chi connectivity index (χ0n) is 21.8. The van der Waals surface area contributed by atoms with E-state index >= 15 is 0 Å². The molecule has 36 heavy (non-hydrogen) atoms. The van der Waals surface area contributed by atoms with Gasteiger partial charge in [-0.1, -0.05) is 32.9 Å². The summed E-state index contributed by atoms with van der Waals surface area (Å²) in [7, 11) is 1.78. The topological polar surface area (TPSA) is 91.8 Å². The molecule has 1 amide bonds. The van der Waals surface area contributed by atoms with E-state index in [1.54, 1.807) is 31.4 Å². The molecule has 0 aliphatic rings. The van der Waals surface area contributed by atoms with Gasteiger partial charge in [0, 0.05) is 24.5 Å². The van der Waals surface area contributed by atoms with Crippen molar-refractivity contribution in [2.45, 2.75) is 53.5 Å². The van der Waals surface area contributed by atoms with Crippen LogP contribution in [0.5, 0.6) is 0 Å². The molecule has 0 aliphatic heterocycles. The van der Waals surface area contributed by atoms with Gasteiger partial charge in [-0.05, 0) is 62.4 Å². The molecule has 2 aromatic heterocycles. The van der Waals surface area contributed by atoms with Crippen LogP contribution in [0.3, 0.4) is 0 Å². The number of aromatic nitrogens is 3. The molecule has 0 saturated carbocycles. The SMILES string of the molecule is CC/C=c1/ncc(NC(C)c2cc(NC(=O)c3cnc(NC)c(C)c3)ccc2F)n/c1=C\CC(C)C. The van der Waals surface area contributed by atoms with Gasteiger partial charge >= 0.3 is 0 Å². The monoisotopic (exact) mass is 490 g/mol. The molecular formula is C28H35FN6O. The number of aryl methyl sites for hydroxylation is 1. The van der Waals surface area contributed by atoms with E-state index in [1.165, 1.54) is 12.3 Å². The minimum Gasteiger partial charge on any atom is -0.373 e. The first-order chi connectivity index (χ1) is 17.2. The number of halogens is 1. The van der Waals surface area contributed by atoms with Crippen molar-refractivity contribution in [3.63, 3.8) is 0 Å². The summed E-state index contributed by atoms with van der Waals surface area (Å²) >= 11 is 0. The third-order valence-corrected chi connectivity index (χ3v) is 5.67. The first-order valence-electron chi connectivity index (χ1n) is 12.3. The van der Waals surface area contributed by atoms with Crippen LogP contribution in [0, 0.1) is 18.7 Å². The van der Waals surface area contributed by atoms with Crippen molar-refractivity contribution in [2.24, 2.45) is 5.92 Å². The first-order valence-corrected chi connectivity index (χ1v) is 12.3. The van der Waals surface area contributed by atoms with E-state index in [9.17, 15) is 9.18 Å². The Morgan fingerprint density at radius 1 is 1.08 bits per heavy atom. The smallest absolute Gasteiger partial charge is 0.257 e. The number of pyridine rings is 1. The fraction of sp³-hybridized carbons (Fsp3) is 0.357. The second kappa shape index (κ2) is 12.2. The second-order valence-corrected chi connectivity index (χ2v) is 9.17. The number of rotatable bonds is 9. The highest BCUT2D eigenvalue weighted by Gasteiger charge is 2.15. The molecule has 0 spiro atoms. The van der Waals surface area contributed by atoms with Crippen LogP contribution in [0.1, 0.15) is 68.1 Å². The molecule has 0 bridgehead atoms. The molecule has 2 heterocycles. The lowest BCUT2D eigenvalue weighted by Crippen LogP contribution is -2.32. The van der Waals surface area contributed by atoms with Crippen molar-refractivity contribution < 1.29 is 9.18 Å². The zero-order valence-corrected chi connectivity index (χ0v) is 21.8.